The monoisotopic (exact) mass is 315 g/mol. The second-order valence-electron chi connectivity index (χ2n) is 5.15. The number of nitrogens with one attached hydrogen (secondary N) is 1. The number of rotatable bonds is 3. The zero-order valence-electron chi connectivity index (χ0n) is 12.4. The highest BCUT2D eigenvalue weighted by Crippen LogP contribution is 2.35. The van der Waals surface area contributed by atoms with Crippen LogP contribution in [0.4, 0.5) is 11.5 Å². The highest BCUT2D eigenvalue weighted by molar-refractivity contribution is 7.99. The summed E-state index contributed by atoms with van der Waals surface area (Å²) >= 11 is 1.63. The van der Waals surface area contributed by atoms with E-state index in [0.29, 0.717) is 11.6 Å². The second-order valence-corrected chi connectivity index (χ2v) is 6.21. The summed E-state index contributed by atoms with van der Waals surface area (Å²) in [6.07, 6.45) is 1.22. The third-order valence-corrected chi connectivity index (χ3v) is 4.43. The smallest absolute Gasteiger partial charge is 0.267 e. The molecule has 0 radical (unpaired) electrons. The van der Waals surface area contributed by atoms with Crippen LogP contribution in [0.1, 0.15) is 0 Å². The Morgan fingerprint density at radius 2 is 2.14 bits per heavy atom. The van der Waals surface area contributed by atoms with E-state index in [4.69, 9.17) is 4.74 Å². The molecule has 0 spiro atoms. The molecule has 1 aliphatic heterocycles. The maximum Gasteiger partial charge on any atom is 0.267 e. The topological polar surface area (TPSA) is 54.5 Å². The van der Waals surface area contributed by atoms with Gasteiger partial charge in [0.2, 0.25) is 0 Å². The van der Waals surface area contributed by atoms with Crippen LogP contribution in [0, 0.1) is 0 Å². The van der Waals surface area contributed by atoms with Crippen LogP contribution in [0.2, 0.25) is 0 Å². The van der Waals surface area contributed by atoms with E-state index in [9.17, 15) is 4.79 Å². The van der Waals surface area contributed by atoms with E-state index in [1.165, 1.54) is 0 Å². The van der Waals surface area contributed by atoms with E-state index >= 15 is 0 Å². The number of para-hydroxylation sites is 1. The normalized spacial score (nSPS) is 16.4. The van der Waals surface area contributed by atoms with Crippen molar-refractivity contribution in [1.82, 2.24) is 4.98 Å². The molecule has 5 nitrogen and oxygen atoms in total. The molecule has 6 heteroatoms. The summed E-state index contributed by atoms with van der Waals surface area (Å²) in [7, 11) is 3.89. The molecule has 1 unspecified atom stereocenters. The summed E-state index contributed by atoms with van der Waals surface area (Å²) in [5.74, 6) is 1.71. The highest BCUT2D eigenvalue weighted by atomic mass is 32.2. The molecule has 0 fully saturated rings. The van der Waals surface area contributed by atoms with Crippen LogP contribution in [-0.2, 0) is 4.79 Å². The lowest BCUT2D eigenvalue weighted by Gasteiger charge is -2.24. The number of hydrogen-bond acceptors (Lipinski definition) is 5. The molecule has 0 saturated carbocycles. The molecule has 3 rings (SSSR count). The zero-order valence-corrected chi connectivity index (χ0v) is 13.3. The number of fused-ring (bicyclic) bond motifs is 1. The Bertz CT molecular complexity index is 673. The van der Waals surface area contributed by atoms with Crippen molar-refractivity contribution < 1.29 is 9.53 Å². The minimum atomic E-state index is -0.504. The molecule has 0 bridgehead atoms. The Balaban J connectivity index is 1.65. The lowest BCUT2D eigenvalue weighted by atomic mass is 10.3. The first-order valence-electron chi connectivity index (χ1n) is 6.96. The van der Waals surface area contributed by atoms with Gasteiger partial charge in [0.25, 0.3) is 5.91 Å². The molecule has 1 aliphatic rings. The number of anilines is 2. The standard InChI is InChI=1S/C16H17N3O2S/c1-19(2)11-7-8-15(17-9-11)18-16(20)13-10-22-14-6-4-3-5-12(14)21-13/h3-9,13H,10H2,1-2H3,(H,17,18,20). The lowest BCUT2D eigenvalue weighted by Crippen LogP contribution is -2.37. The van der Waals surface area contributed by atoms with Crippen molar-refractivity contribution >= 4 is 29.2 Å². The van der Waals surface area contributed by atoms with Crippen LogP contribution >= 0.6 is 11.8 Å². The average Bonchev–Trinajstić information content (AvgIpc) is 2.55. The van der Waals surface area contributed by atoms with Gasteiger partial charge in [0, 0.05) is 24.7 Å². The van der Waals surface area contributed by atoms with Gasteiger partial charge in [-0.15, -0.1) is 11.8 Å². The van der Waals surface area contributed by atoms with Crippen LogP contribution in [0.3, 0.4) is 0 Å². The quantitative estimate of drug-likeness (QED) is 0.943. The van der Waals surface area contributed by atoms with E-state index < -0.39 is 6.10 Å². The first-order valence-corrected chi connectivity index (χ1v) is 7.95. The van der Waals surface area contributed by atoms with Crippen molar-refractivity contribution in [2.24, 2.45) is 0 Å². The molecule has 22 heavy (non-hydrogen) atoms. The molecule has 1 N–H and O–H groups in total. The third-order valence-electron chi connectivity index (χ3n) is 3.32. The first-order chi connectivity index (χ1) is 10.6. The van der Waals surface area contributed by atoms with Crippen LogP contribution in [-0.4, -0.2) is 36.8 Å². The molecule has 0 saturated heterocycles. The van der Waals surface area contributed by atoms with E-state index in [0.717, 1.165) is 16.3 Å². The van der Waals surface area contributed by atoms with Gasteiger partial charge in [-0.1, -0.05) is 12.1 Å². The molecule has 1 atom stereocenters. The molecule has 1 amide bonds. The Morgan fingerprint density at radius 1 is 1.32 bits per heavy atom. The number of aromatic nitrogens is 1. The van der Waals surface area contributed by atoms with E-state index in [2.05, 4.69) is 10.3 Å². The van der Waals surface area contributed by atoms with Crippen molar-refractivity contribution in [3.05, 3.63) is 42.6 Å². The molecule has 1 aromatic carbocycles. The minimum Gasteiger partial charge on any atom is -0.479 e. The van der Waals surface area contributed by atoms with Gasteiger partial charge in [0.15, 0.2) is 6.10 Å². The average molecular weight is 315 g/mol. The van der Waals surface area contributed by atoms with Gasteiger partial charge in [-0.25, -0.2) is 4.98 Å². The summed E-state index contributed by atoms with van der Waals surface area (Å²) in [6, 6.07) is 11.4. The molecule has 2 aromatic rings. The predicted octanol–water partition coefficient (Wildman–Crippen LogP) is 2.64. The number of carbonyl (C=O) groups is 1. The number of hydrogen-bond donors (Lipinski definition) is 1. The Labute approximate surface area is 133 Å². The summed E-state index contributed by atoms with van der Waals surface area (Å²) in [5.41, 5.74) is 0.983. The van der Waals surface area contributed by atoms with Gasteiger partial charge < -0.3 is 15.0 Å². The Kier molecular flexibility index (Phi) is 4.20. The summed E-state index contributed by atoms with van der Waals surface area (Å²) in [4.78, 5) is 19.6. The molecule has 1 aromatic heterocycles. The van der Waals surface area contributed by atoms with E-state index in [1.807, 2.05) is 49.3 Å². The molecule has 0 aliphatic carbocycles. The van der Waals surface area contributed by atoms with Crippen molar-refractivity contribution in [1.29, 1.82) is 0 Å². The summed E-state index contributed by atoms with van der Waals surface area (Å²) in [5, 5.41) is 2.80. The van der Waals surface area contributed by atoms with Gasteiger partial charge in [-0.3, -0.25) is 4.79 Å². The molecular formula is C16H17N3O2S. The highest BCUT2D eigenvalue weighted by Gasteiger charge is 2.26. The number of nitrogens with zero attached hydrogens (tertiary/aromatic N) is 2. The zero-order chi connectivity index (χ0) is 15.5. The number of ether oxygens (including phenoxy) is 1. The van der Waals surface area contributed by atoms with Gasteiger partial charge in [-0.05, 0) is 24.3 Å². The second kappa shape index (κ2) is 6.27. The summed E-state index contributed by atoms with van der Waals surface area (Å²) in [6.45, 7) is 0. The van der Waals surface area contributed by atoms with Gasteiger partial charge in [-0.2, -0.15) is 0 Å². The number of amides is 1. The van der Waals surface area contributed by atoms with Crippen LogP contribution in [0.15, 0.2) is 47.5 Å². The SMILES string of the molecule is CN(C)c1ccc(NC(=O)C2CSc3ccccc3O2)nc1. The molecule has 2 heterocycles. The third kappa shape index (κ3) is 3.17. The minimum absolute atomic E-state index is 0.174. The largest absolute Gasteiger partial charge is 0.479 e. The summed E-state index contributed by atoms with van der Waals surface area (Å²) < 4.78 is 5.76. The van der Waals surface area contributed by atoms with Crippen molar-refractivity contribution in [2.45, 2.75) is 11.0 Å². The van der Waals surface area contributed by atoms with Crippen molar-refractivity contribution in [3.8, 4) is 5.75 Å². The van der Waals surface area contributed by atoms with Crippen molar-refractivity contribution in [3.63, 3.8) is 0 Å². The van der Waals surface area contributed by atoms with Crippen LogP contribution in [0.5, 0.6) is 5.75 Å². The first kappa shape index (κ1) is 14.7. The number of carbonyl (C=O) groups excluding carboxylic acids is 1. The lowest BCUT2D eigenvalue weighted by molar-refractivity contribution is -0.122. The van der Waals surface area contributed by atoms with E-state index in [1.54, 1.807) is 24.0 Å². The predicted molar refractivity (Wildman–Crippen MR) is 88.8 cm³/mol. The maximum atomic E-state index is 12.3. The molecule has 114 valence electrons. The fourth-order valence-corrected chi connectivity index (χ4v) is 3.06. The van der Waals surface area contributed by atoms with Gasteiger partial charge in [0.05, 0.1) is 11.9 Å². The van der Waals surface area contributed by atoms with Gasteiger partial charge in [0.1, 0.15) is 11.6 Å². The van der Waals surface area contributed by atoms with E-state index in [-0.39, 0.29) is 5.91 Å². The Morgan fingerprint density at radius 3 is 2.86 bits per heavy atom. The molecular weight excluding hydrogens is 298 g/mol. The maximum absolute atomic E-state index is 12.3. The fourth-order valence-electron chi connectivity index (χ4n) is 2.08. The number of thioether (sulfide) groups is 1. The fraction of sp³-hybridized carbons (Fsp3) is 0.250. The van der Waals surface area contributed by atoms with Crippen LogP contribution in [0.25, 0.3) is 0 Å². The number of pyridine rings is 1. The van der Waals surface area contributed by atoms with Crippen LogP contribution < -0.4 is 15.0 Å². The van der Waals surface area contributed by atoms with Gasteiger partial charge >= 0.3 is 0 Å². The Hall–Kier alpha value is -2.21. The number of benzene rings is 1. The van der Waals surface area contributed by atoms with Crippen molar-refractivity contribution in [2.75, 3.05) is 30.1 Å².